The summed E-state index contributed by atoms with van der Waals surface area (Å²) in [5, 5.41) is 6.37. The van der Waals surface area contributed by atoms with E-state index >= 15 is 0 Å². The highest BCUT2D eigenvalue weighted by atomic mass is 16.5. The Morgan fingerprint density at radius 1 is 0.966 bits per heavy atom. The first-order valence-electron chi connectivity index (χ1n) is 9.44. The van der Waals surface area contributed by atoms with Gasteiger partial charge in [-0.2, -0.15) is 4.98 Å². The zero-order chi connectivity index (χ0) is 20.6. The van der Waals surface area contributed by atoms with Gasteiger partial charge in [-0.05, 0) is 75.4 Å². The van der Waals surface area contributed by atoms with Gasteiger partial charge < -0.3 is 20.1 Å². The molecule has 0 amide bonds. The lowest BCUT2D eigenvalue weighted by atomic mass is 10.2. The van der Waals surface area contributed by atoms with Crippen LogP contribution in [0.3, 0.4) is 0 Å². The first-order valence-corrected chi connectivity index (χ1v) is 9.44. The molecule has 0 aliphatic heterocycles. The van der Waals surface area contributed by atoms with E-state index in [1.165, 1.54) is 0 Å². The van der Waals surface area contributed by atoms with Gasteiger partial charge in [0, 0.05) is 17.6 Å². The van der Waals surface area contributed by atoms with Gasteiger partial charge in [0.2, 0.25) is 5.95 Å². The Hall–Kier alpha value is -3.61. The number of rotatable bonds is 8. The fraction of sp³-hybridized carbons (Fsp3) is 0.227. The molecule has 0 aliphatic carbocycles. The molecular weight excluding hydrogens is 368 g/mol. The van der Waals surface area contributed by atoms with Crippen molar-refractivity contribution < 1.29 is 14.3 Å². The van der Waals surface area contributed by atoms with E-state index in [1.54, 1.807) is 43.5 Å². The van der Waals surface area contributed by atoms with Crippen LogP contribution in [-0.4, -0.2) is 28.6 Å². The summed E-state index contributed by atoms with van der Waals surface area (Å²) in [6.45, 7) is 6.11. The van der Waals surface area contributed by atoms with E-state index in [9.17, 15) is 4.79 Å². The lowest BCUT2D eigenvalue weighted by Crippen LogP contribution is -2.05. The summed E-state index contributed by atoms with van der Waals surface area (Å²) < 4.78 is 10.6. The number of hydrogen-bond donors (Lipinski definition) is 2. The van der Waals surface area contributed by atoms with E-state index in [1.807, 2.05) is 38.1 Å². The van der Waals surface area contributed by atoms with E-state index in [0.29, 0.717) is 23.9 Å². The number of carbonyl (C=O) groups is 1. The topological polar surface area (TPSA) is 85.4 Å². The van der Waals surface area contributed by atoms with Gasteiger partial charge in [0.1, 0.15) is 11.6 Å². The fourth-order valence-corrected chi connectivity index (χ4v) is 2.56. The minimum Gasteiger partial charge on any atom is -0.491 e. The Morgan fingerprint density at radius 2 is 1.62 bits per heavy atom. The molecule has 0 atom stereocenters. The highest BCUT2D eigenvalue weighted by Gasteiger charge is 2.06. The van der Waals surface area contributed by atoms with Crippen LogP contribution in [0, 0.1) is 0 Å². The number of esters is 1. The minimum absolute atomic E-state index is 0.131. The number of benzene rings is 2. The summed E-state index contributed by atoms with van der Waals surface area (Å²) in [5.74, 6) is 1.58. The molecule has 3 aromatic rings. The van der Waals surface area contributed by atoms with Crippen LogP contribution in [0.2, 0.25) is 0 Å². The second kappa shape index (κ2) is 9.54. The number of carbonyl (C=O) groups excluding carboxylic acids is 1. The van der Waals surface area contributed by atoms with E-state index in [-0.39, 0.29) is 12.1 Å². The van der Waals surface area contributed by atoms with Gasteiger partial charge in [0.05, 0.1) is 18.3 Å². The molecule has 7 heteroatoms. The Balaban J connectivity index is 1.64. The van der Waals surface area contributed by atoms with Crippen molar-refractivity contribution in [2.45, 2.75) is 26.9 Å². The average molecular weight is 392 g/mol. The number of anilines is 4. The van der Waals surface area contributed by atoms with E-state index in [0.717, 1.165) is 17.1 Å². The monoisotopic (exact) mass is 392 g/mol. The highest BCUT2D eigenvalue weighted by molar-refractivity contribution is 5.89. The Morgan fingerprint density at radius 3 is 2.28 bits per heavy atom. The Bertz CT molecular complexity index is 941. The predicted molar refractivity (Wildman–Crippen MR) is 113 cm³/mol. The molecule has 29 heavy (non-hydrogen) atoms. The van der Waals surface area contributed by atoms with Crippen LogP contribution in [0.15, 0.2) is 60.8 Å². The van der Waals surface area contributed by atoms with Crippen molar-refractivity contribution in [2.24, 2.45) is 0 Å². The molecule has 2 N–H and O–H groups in total. The molecule has 3 rings (SSSR count). The highest BCUT2D eigenvalue weighted by Crippen LogP contribution is 2.21. The molecule has 0 bridgehead atoms. The number of hydrogen-bond acceptors (Lipinski definition) is 7. The molecule has 0 spiro atoms. The van der Waals surface area contributed by atoms with Crippen molar-refractivity contribution in [3.63, 3.8) is 0 Å². The average Bonchev–Trinajstić information content (AvgIpc) is 2.70. The summed E-state index contributed by atoms with van der Waals surface area (Å²) in [5.41, 5.74) is 2.17. The van der Waals surface area contributed by atoms with E-state index < -0.39 is 0 Å². The van der Waals surface area contributed by atoms with Gasteiger partial charge in [-0.1, -0.05) is 0 Å². The second-order valence-corrected chi connectivity index (χ2v) is 6.50. The number of aromatic nitrogens is 2. The van der Waals surface area contributed by atoms with Crippen LogP contribution in [0.25, 0.3) is 0 Å². The third-order valence-electron chi connectivity index (χ3n) is 3.81. The van der Waals surface area contributed by atoms with Gasteiger partial charge in [-0.15, -0.1) is 0 Å². The molecule has 150 valence electrons. The number of ether oxygens (including phenoxy) is 2. The molecule has 0 unspecified atom stereocenters. The molecule has 0 saturated carbocycles. The number of nitrogens with one attached hydrogen (secondary N) is 2. The normalized spacial score (nSPS) is 10.5. The van der Waals surface area contributed by atoms with Gasteiger partial charge in [-0.3, -0.25) is 0 Å². The molecule has 7 nitrogen and oxygen atoms in total. The minimum atomic E-state index is -0.336. The maximum atomic E-state index is 11.7. The van der Waals surface area contributed by atoms with Crippen molar-refractivity contribution in [2.75, 3.05) is 17.2 Å². The summed E-state index contributed by atoms with van der Waals surface area (Å²) in [6, 6.07) is 16.4. The van der Waals surface area contributed by atoms with Gasteiger partial charge in [-0.25, -0.2) is 9.78 Å². The first-order chi connectivity index (χ1) is 14.0. The Labute approximate surface area is 170 Å². The summed E-state index contributed by atoms with van der Waals surface area (Å²) in [6.07, 6.45) is 1.80. The zero-order valence-corrected chi connectivity index (χ0v) is 16.7. The third-order valence-corrected chi connectivity index (χ3v) is 3.81. The van der Waals surface area contributed by atoms with Crippen LogP contribution in [0.1, 0.15) is 31.1 Å². The van der Waals surface area contributed by atoms with Crippen LogP contribution in [-0.2, 0) is 4.74 Å². The molecule has 0 radical (unpaired) electrons. The van der Waals surface area contributed by atoms with Crippen molar-refractivity contribution in [3.05, 3.63) is 66.4 Å². The summed E-state index contributed by atoms with van der Waals surface area (Å²) >= 11 is 0. The molecule has 1 aromatic heterocycles. The molecular formula is C22H24N4O3. The Kier molecular flexibility index (Phi) is 6.63. The van der Waals surface area contributed by atoms with Crippen LogP contribution >= 0.6 is 0 Å². The van der Waals surface area contributed by atoms with Crippen molar-refractivity contribution in [1.82, 2.24) is 9.97 Å². The number of nitrogens with zero attached hydrogens (tertiary/aromatic N) is 2. The first kappa shape index (κ1) is 20.1. The van der Waals surface area contributed by atoms with Crippen LogP contribution in [0.5, 0.6) is 5.75 Å². The third kappa shape index (κ3) is 5.93. The van der Waals surface area contributed by atoms with Crippen LogP contribution in [0.4, 0.5) is 23.1 Å². The second-order valence-electron chi connectivity index (χ2n) is 6.50. The van der Waals surface area contributed by atoms with Crippen molar-refractivity contribution in [1.29, 1.82) is 0 Å². The van der Waals surface area contributed by atoms with Gasteiger partial charge >= 0.3 is 5.97 Å². The smallest absolute Gasteiger partial charge is 0.338 e. The zero-order valence-electron chi connectivity index (χ0n) is 16.7. The van der Waals surface area contributed by atoms with Crippen molar-refractivity contribution >= 4 is 29.1 Å². The standard InChI is InChI=1S/C22H24N4O3/c1-4-28-21(27)16-5-7-17(8-6-16)24-20-13-14-23-22(26-20)25-18-9-11-19(12-10-18)29-15(2)3/h5-15H,4H2,1-3H3,(H2,23,24,25,26). The lowest BCUT2D eigenvalue weighted by molar-refractivity contribution is 0.0526. The summed E-state index contributed by atoms with van der Waals surface area (Å²) in [4.78, 5) is 20.4. The van der Waals surface area contributed by atoms with Gasteiger partial charge in [0.15, 0.2) is 0 Å². The maximum absolute atomic E-state index is 11.7. The molecule has 2 aromatic carbocycles. The SMILES string of the molecule is CCOC(=O)c1ccc(Nc2ccnc(Nc3ccc(OC(C)C)cc3)n2)cc1. The summed E-state index contributed by atoms with van der Waals surface area (Å²) in [7, 11) is 0. The van der Waals surface area contributed by atoms with Crippen LogP contribution < -0.4 is 15.4 Å². The molecule has 0 aliphatic rings. The van der Waals surface area contributed by atoms with E-state index in [4.69, 9.17) is 9.47 Å². The van der Waals surface area contributed by atoms with Gasteiger partial charge in [0.25, 0.3) is 0 Å². The fourth-order valence-electron chi connectivity index (χ4n) is 2.56. The molecule has 1 heterocycles. The molecule has 0 fully saturated rings. The predicted octanol–water partition coefficient (Wildman–Crippen LogP) is 4.93. The quantitative estimate of drug-likeness (QED) is 0.526. The van der Waals surface area contributed by atoms with E-state index in [2.05, 4.69) is 20.6 Å². The largest absolute Gasteiger partial charge is 0.491 e. The lowest BCUT2D eigenvalue weighted by Gasteiger charge is -2.11. The maximum Gasteiger partial charge on any atom is 0.338 e. The molecule has 0 saturated heterocycles. The van der Waals surface area contributed by atoms with Crippen molar-refractivity contribution in [3.8, 4) is 5.75 Å².